The van der Waals surface area contributed by atoms with Crippen LogP contribution in [0.3, 0.4) is 0 Å². The highest BCUT2D eigenvalue weighted by molar-refractivity contribution is 5.43. The Balaban J connectivity index is 1.88. The number of nitrogens with zero attached hydrogens (tertiary/aromatic N) is 1. The maximum atomic E-state index is 2.66. The van der Waals surface area contributed by atoms with Crippen LogP contribution >= 0.6 is 0 Å². The first-order valence-corrected chi connectivity index (χ1v) is 8.57. The molecule has 1 saturated carbocycles. The van der Waals surface area contributed by atoms with E-state index in [-0.39, 0.29) is 0 Å². The minimum absolute atomic E-state index is 0.536. The maximum absolute atomic E-state index is 2.66. The van der Waals surface area contributed by atoms with Crippen LogP contribution in [-0.4, -0.2) is 24.5 Å². The SMILES string of the molecule is CCc1ccc2c(c1)[C@]13CCCC[C@@H]1[C@H](C2)N(C)CC3. The molecule has 4 rings (SSSR count). The number of piperidine rings is 1. The minimum Gasteiger partial charge on any atom is -0.303 e. The maximum Gasteiger partial charge on any atom is 0.0169 e. The normalized spacial score (nSPS) is 36.3. The molecule has 1 heteroatoms. The summed E-state index contributed by atoms with van der Waals surface area (Å²) in [5.74, 6) is 0.926. The Morgan fingerprint density at radius 2 is 2.15 bits per heavy atom. The standard InChI is InChI=1S/C19H27N/c1-3-14-7-8-15-13-18-16-6-4-5-9-19(16,17(15)12-14)10-11-20(18)2/h7-8,12,16,18H,3-6,9-11,13H2,1-2H3/t16-,18+,19+/m1/s1. The first-order chi connectivity index (χ1) is 9.74. The zero-order chi connectivity index (χ0) is 13.7. The van der Waals surface area contributed by atoms with Crippen LogP contribution in [0.15, 0.2) is 18.2 Å². The summed E-state index contributed by atoms with van der Waals surface area (Å²) in [6.07, 6.45) is 9.68. The van der Waals surface area contributed by atoms with Crippen LogP contribution in [0.5, 0.6) is 0 Å². The van der Waals surface area contributed by atoms with Crippen molar-refractivity contribution in [2.24, 2.45) is 5.92 Å². The van der Waals surface area contributed by atoms with Gasteiger partial charge in [0, 0.05) is 11.5 Å². The fourth-order valence-electron chi connectivity index (χ4n) is 5.46. The third-order valence-corrected chi connectivity index (χ3v) is 6.59. The van der Waals surface area contributed by atoms with E-state index in [1.165, 1.54) is 51.5 Å². The zero-order valence-electron chi connectivity index (χ0n) is 13.0. The molecule has 0 amide bonds. The quantitative estimate of drug-likeness (QED) is 0.746. The summed E-state index contributed by atoms with van der Waals surface area (Å²) in [5.41, 5.74) is 5.50. The summed E-state index contributed by atoms with van der Waals surface area (Å²) in [6, 6.07) is 8.21. The number of hydrogen-bond donors (Lipinski definition) is 0. The number of rotatable bonds is 1. The molecule has 0 radical (unpaired) electrons. The van der Waals surface area contributed by atoms with E-state index in [9.17, 15) is 0 Å². The molecule has 3 aliphatic rings. The van der Waals surface area contributed by atoms with Gasteiger partial charge in [-0.05, 0) is 68.3 Å². The zero-order valence-corrected chi connectivity index (χ0v) is 13.0. The van der Waals surface area contributed by atoms with Crippen LogP contribution in [-0.2, 0) is 18.3 Å². The second-order valence-electron chi connectivity index (χ2n) is 7.36. The van der Waals surface area contributed by atoms with Crippen LogP contribution in [0.25, 0.3) is 0 Å². The molecule has 108 valence electrons. The number of aryl methyl sites for hydroxylation is 1. The lowest BCUT2D eigenvalue weighted by atomic mass is 9.52. The van der Waals surface area contributed by atoms with Gasteiger partial charge in [-0.1, -0.05) is 38.0 Å². The topological polar surface area (TPSA) is 3.24 Å². The monoisotopic (exact) mass is 269 g/mol. The fourth-order valence-corrected chi connectivity index (χ4v) is 5.46. The van der Waals surface area contributed by atoms with E-state index in [1.807, 2.05) is 0 Å². The van der Waals surface area contributed by atoms with E-state index < -0.39 is 0 Å². The molecule has 0 spiro atoms. The molecule has 0 unspecified atom stereocenters. The highest BCUT2D eigenvalue weighted by atomic mass is 15.1. The number of likely N-dealkylation sites (tertiary alicyclic amines) is 1. The molecule has 1 aromatic rings. The second kappa shape index (κ2) is 4.59. The molecular formula is C19H27N. The van der Waals surface area contributed by atoms with Gasteiger partial charge in [0.2, 0.25) is 0 Å². The highest BCUT2D eigenvalue weighted by Gasteiger charge is 2.52. The molecule has 1 aliphatic heterocycles. The first-order valence-electron chi connectivity index (χ1n) is 8.57. The predicted octanol–water partition coefficient (Wildman–Crippen LogP) is 3.94. The first kappa shape index (κ1) is 12.9. The molecule has 1 saturated heterocycles. The molecule has 1 heterocycles. The third kappa shape index (κ3) is 1.65. The van der Waals surface area contributed by atoms with Gasteiger partial charge in [-0.15, -0.1) is 0 Å². The van der Waals surface area contributed by atoms with Crippen molar-refractivity contribution < 1.29 is 0 Å². The van der Waals surface area contributed by atoms with E-state index >= 15 is 0 Å². The lowest BCUT2D eigenvalue weighted by Gasteiger charge is -2.58. The van der Waals surface area contributed by atoms with Gasteiger partial charge in [0.05, 0.1) is 0 Å². The molecule has 0 aromatic heterocycles. The van der Waals surface area contributed by atoms with Crippen molar-refractivity contribution in [1.82, 2.24) is 4.90 Å². The van der Waals surface area contributed by atoms with Crippen molar-refractivity contribution in [3.63, 3.8) is 0 Å². The van der Waals surface area contributed by atoms with E-state index in [1.54, 1.807) is 16.7 Å². The molecule has 2 aliphatic carbocycles. The molecule has 2 fully saturated rings. The number of benzene rings is 1. The number of likely N-dealkylation sites (N-methyl/N-ethyl adjacent to an activating group) is 1. The summed E-state index contributed by atoms with van der Waals surface area (Å²) >= 11 is 0. The number of fused-ring (bicyclic) bond motifs is 1. The van der Waals surface area contributed by atoms with Gasteiger partial charge in [0.1, 0.15) is 0 Å². The van der Waals surface area contributed by atoms with Gasteiger partial charge in [0.15, 0.2) is 0 Å². The van der Waals surface area contributed by atoms with Crippen LogP contribution in [0.4, 0.5) is 0 Å². The van der Waals surface area contributed by atoms with Gasteiger partial charge < -0.3 is 4.90 Å². The Hall–Kier alpha value is -0.820. The van der Waals surface area contributed by atoms with Crippen LogP contribution in [0.1, 0.15) is 55.7 Å². The summed E-state index contributed by atoms with van der Waals surface area (Å²) in [6.45, 7) is 3.59. The summed E-state index contributed by atoms with van der Waals surface area (Å²) in [7, 11) is 2.36. The van der Waals surface area contributed by atoms with E-state index in [2.05, 4.69) is 37.1 Å². The largest absolute Gasteiger partial charge is 0.303 e. The van der Waals surface area contributed by atoms with E-state index in [0.29, 0.717) is 5.41 Å². The van der Waals surface area contributed by atoms with Crippen LogP contribution in [0.2, 0.25) is 0 Å². The molecule has 1 aromatic carbocycles. The van der Waals surface area contributed by atoms with Gasteiger partial charge in [-0.3, -0.25) is 0 Å². The average Bonchev–Trinajstić information content (AvgIpc) is 2.50. The van der Waals surface area contributed by atoms with Gasteiger partial charge in [0.25, 0.3) is 0 Å². The fraction of sp³-hybridized carbons (Fsp3) is 0.684. The van der Waals surface area contributed by atoms with Crippen molar-refractivity contribution in [2.45, 2.75) is 63.3 Å². The Morgan fingerprint density at radius 1 is 1.25 bits per heavy atom. The van der Waals surface area contributed by atoms with Crippen molar-refractivity contribution >= 4 is 0 Å². The number of hydrogen-bond acceptors (Lipinski definition) is 1. The molecule has 3 atom stereocenters. The lowest BCUT2D eigenvalue weighted by molar-refractivity contribution is 0.00282. The van der Waals surface area contributed by atoms with E-state index in [0.717, 1.165) is 12.0 Å². The summed E-state index contributed by atoms with van der Waals surface area (Å²) < 4.78 is 0. The Morgan fingerprint density at radius 3 is 3.00 bits per heavy atom. The highest BCUT2D eigenvalue weighted by Crippen LogP contribution is 2.55. The summed E-state index contributed by atoms with van der Waals surface area (Å²) in [5, 5.41) is 0. The summed E-state index contributed by atoms with van der Waals surface area (Å²) in [4.78, 5) is 2.66. The van der Waals surface area contributed by atoms with Crippen molar-refractivity contribution in [1.29, 1.82) is 0 Å². The van der Waals surface area contributed by atoms with Crippen molar-refractivity contribution in [2.75, 3.05) is 13.6 Å². The van der Waals surface area contributed by atoms with Crippen molar-refractivity contribution in [3.8, 4) is 0 Å². The molecular weight excluding hydrogens is 242 g/mol. The Kier molecular flexibility index (Phi) is 2.96. The smallest absolute Gasteiger partial charge is 0.0169 e. The Bertz CT molecular complexity index is 520. The second-order valence-corrected chi connectivity index (χ2v) is 7.36. The molecule has 0 N–H and O–H groups in total. The predicted molar refractivity (Wildman–Crippen MR) is 84.2 cm³/mol. The van der Waals surface area contributed by atoms with Crippen molar-refractivity contribution in [3.05, 3.63) is 34.9 Å². The van der Waals surface area contributed by atoms with Gasteiger partial charge >= 0.3 is 0 Å². The minimum atomic E-state index is 0.536. The van der Waals surface area contributed by atoms with Gasteiger partial charge in [-0.25, -0.2) is 0 Å². The average molecular weight is 269 g/mol. The molecule has 20 heavy (non-hydrogen) atoms. The van der Waals surface area contributed by atoms with Crippen LogP contribution in [0, 0.1) is 5.92 Å². The third-order valence-electron chi connectivity index (χ3n) is 6.59. The van der Waals surface area contributed by atoms with Crippen LogP contribution < -0.4 is 0 Å². The Labute approximate surface area is 123 Å². The lowest BCUT2D eigenvalue weighted by Crippen LogP contribution is -2.59. The molecule has 1 nitrogen and oxygen atoms in total. The molecule has 2 bridgehead atoms. The van der Waals surface area contributed by atoms with Gasteiger partial charge in [-0.2, -0.15) is 0 Å². The van der Waals surface area contributed by atoms with E-state index in [4.69, 9.17) is 0 Å².